The second-order valence-electron chi connectivity index (χ2n) is 5.14. The number of hydrogen-bond donors (Lipinski definition) is 2. The first-order chi connectivity index (χ1) is 10.4. The van der Waals surface area contributed by atoms with E-state index >= 15 is 0 Å². The molecular weight excluding hydrogens is 292 g/mol. The molecule has 1 aromatic carbocycles. The van der Waals surface area contributed by atoms with Gasteiger partial charge in [-0.25, -0.2) is 8.78 Å². The normalized spacial score (nSPS) is 10.6. The monoisotopic (exact) mass is 313 g/mol. The molecule has 0 aliphatic carbocycles. The lowest BCUT2D eigenvalue weighted by Crippen LogP contribution is -2.32. The molecule has 1 rings (SSSR count). The largest absolute Gasteiger partial charge is 0.356 e. The molecule has 0 bridgehead atoms. The summed E-state index contributed by atoms with van der Waals surface area (Å²) in [5.74, 6) is -2.52. The maximum atomic E-state index is 13.4. The van der Waals surface area contributed by atoms with Crippen molar-refractivity contribution in [1.29, 1.82) is 0 Å². The fourth-order valence-corrected chi connectivity index (χ4v) is 1.77. The van der Waals surface area contributed by atoms with Gasteiger partial charge in [-0.3, -0.25) is 9.59 Å². The van der Waals surface area contributed by atoms with Crippen LogP contribution in [0.4, 0.5) is 8.78 Å². The predicted octanol–water partition coefficient (Wildman–Crippen LogP) is 1.15. The summed E-state index contributed by atoms with van der Waals surface area (Å²) in [6.07, 6.45) is 0.947. The zero-order chi connectivity index (χ0) is 16.5. The lowest BCUT2D eigenvalue weighted by Gasteiger charge is -2.10. The van der Waals surface area contributed by atoms with Crippen LogP contribution in [-0.4, -0.2) is 50.4 Å². The predicted molar refractivity (Wildman–Crippen MR) is 79.5 cm³/mol. The number of amides is 2. The molecule has 2 amide bonds. The summed E-state index contributed by atoms with van der Waals surface area (Å²) in [5.41, 5.74) is -0.243. The molecule has 1 aromatic rings. The number of hydrogen-bond acceptors (Lipinski definition) is 3. The van der Waals surface area contributed by atoms with E-state index in [-0.39, 0.29) is 24.4 Å². The summed E-state index contributed by atoms with van der Waals surface area (Å²) in [4.78, 5) is 25.2. The lowest BCUT2D eigenvalue weighted by molar-refractivity contribution is -0.120. The summed E-state index contributed by atoms with van der Waals surface area (Å²) in [7, 11) is 3.90. The highest BCUT2D eigenvalue weighted by Gasteiger charge is 2.12. The molecule has 2 N–H and O–H groups in total. The highest BCUT2D eigenvalue weighted by atomic mass is 19.1. The SMILES string of the molecule is CN(C)CCCNC(=O)CCNC(=O)c1ccc(F)cc1F. The minimum absolute atomic E-state index is 0.0924. The molecule has 0 spiro atoms. The van der Waals surface area contributed by atoms with Gasteiger partial charge in [-0.1, -0.05) is 0 Å². The Labute approximate surface area is 128 Å². The van der Waals surface area contributed by atoms with Crippen molar-refractivity contribution in [2.24, 2.45) is 0 Å². The van der Waals surface area contributed by atoms with Crippen LogP contribution in [0, 0.1) is 11.6 Å². The fraction of sp³-hybridized carbons (Fsp3) is 0.467. The number of carbonyl (C=O) groups excluding carboxylic acids is 2. The van der Waals surface area contributed by atoms with Gasteiger partial charge in [-0.05, 0) is 39.2 Å². The Bertz CT molecular complexity index is 522. The topological polar surface area (TPSA) is 61.4 Å². The quantitative estimate of drug-likeness (QED) is 0.708. The summed E-state index contributed by atoms with van der Waals surface area (Å²) < 4.78 is 26.1. The Hall–Kier alpha value is -2.02. The lowest BCUT2D eigenvalue weighted by atomic mass is 10.2. The second-order valence-corrected chi connectivity index (χ2v) is 5.14. The Morgan fingerprint density at radius 2 is 1.86 bits per heavy atom. The standard InChI is InChI=1S/C15H21F2N3O2/c1-20(2)9-3-7-18-14(21)6-8-19-15(22)12-5-4-11(16)10-13(12)17/h4-5,10H,3,6-9H2,1-2H3,(H,18,21)(H,19,22). The number of nitrogens with one attached hydrogen (secondary N) is 2. The Kier molecular flexibility index (Phi) is 7.45. The van der Waals surface area contributed by atoms with Crippen molar-refractivity contribution in [3.8, 4) is 0 Å². The summed E-state index contributed by atoms with van der Waals surface area (Å²) in [6, 6.07) is 2.73. The molecule has 0 aromatic heterocycles. The number of rotatable bonds is 8. The number of benzene rings is 1. The summed E-state index contributed by atoms with van der Waals surface area (Å²) >= 11 is 0. The molecule has 0 atom stereocenters. The van der Waals surface area contributed by atoms with Gasteiger partial charge in [0.15, 0.2) is 0 Å². The Balaban J connectivity index is 2.26. The van der Waals surface area contributed by atoms with Crippen molar-refractivity contribution in [1.82, 2.24) is 15.5 Å². The second kappa shape index (κ2) is 9.09. The molecule has 0 heterocycles. The molecule has 0 aliphatic heterocycles. The molecular formula is C15H21F2N3O2. The average molecular weight is 313 g/mol. The van der Waals surface area contributed by atoms with Gasteiger partial charge in [0.1, 0.15) is 11.6 Å². The highest BCUT2D eigenvalue weighted by Crippen LogP contribution is 2.09. The minimum Gasteiger partial charge on any atom is -0.356 e. The maximum absolute atomic E-state index is 13.4. The summed E-state index contributed by atoms with van der Waals surface area (Å²) in [6.45, 7) is 1.54. The third kappa shape index (κ3) is 6.62. The molecule has 0 saturated heterocycles. The van der Waals surface area contributed by atoms with Crippen LogP contribution in [0.5, 0.6) is 0 Å². The van der Waals surface area contributed by atoms with Crippen LogP contribution in [0.3, 0.4) is 0 Å². The van der Waals surface area contributed by atoms with Gasteiger partial charge in [-0.15, -0.1) is 0 Å². The molecule has 5 nitrogen and oxygen atoms in total. The van der Waals surface area contributed by atoms with Crippen molar-refractivity contribution in [2.45, 2.75) is 12.8 Å². The van der Waals surface area contributed by atoms with Gasteiger partial charge in [0, 0.05) is 25.6 Å². The van der Waals surface area contributed by atoms with Crippen LogP contribution in [0.15, 0.2) is 18.2 Å². The Morgan fingerprint density at radius 1 is 1.14 bits per heavy atom. The van der Waals surface area contributed by atoms with E-state index in [0.29, 0.717) is 12.6 Å². The third-order valence-corrected chi connectivity index (χ3v) is 2.92. The number of carbonyl (C=O) groups is 2. The third-order valence-electron chi connectivity index (χ3n) is 2.92. The minimum atomic E-state index is -0.925. The van der Waals surface area contributed by atoms with Gasteiger partial charge in [-0.2, -0.15) is 0 Å². The van der Waals surface area contributed by atoms with Crippen molar-refractivity contribution in [3.05, 3.63) is 35.4 Å². The maximum Gasteiger partial charge on any atom is 0.254 e. The fourth-order valence-electron chi connectivity index (χ4n) is 1.77. The van der Waals surface area contributed by atoms with E-state index in [1.165, 1.54) is 0 Å². The first-order valence-electron chi connectivity index (χ1n) is 7.05. The molecule has 0 saturated carbocycles. The first kappa shape index (κ1) is 18.0. The van der Waals surface area contributed by atoms with Crippen LogP contribution >= 0.6 is 0 Å². The van der Waals surface area contributed by atoms with Crippen LogP contribution in [-0.2, 0) is 4.79 Å². The van der Waals surface area contributed by atoms with Gasteiger partial charge >= 0.3 is 0 Å². The van der Waals surface area contributed by atoms with Crippen LogP contribution in [0.25, 0.3) is 0 Å². The Morgan fingerprint density at radius 3 is 2.50 bits per heavy atom. The van der Waals surface area contributed by atoms with E-state index in [0.717, 1.165) is 25.1 Å². The van der Waals surface area contributed by atoms with E-state index in [9.17, 15) is 18.4 Å². The highest BCUT2D eigenvalue weighted by molar-refractivity contribution is 5.94. The van der Waals surface area contributed by atoms with Crippen molar-refractivity contribution >= 4 is 11.8 Å². The number of nitrogens with zero attached hydrogens (tertiary/aromatic N) is 1. The molecule has 122 valence electrons. The molecule has 0 fully saturated rings. The molecule has 22 heavy (non-hydrogen) atoms. The van der Waals surface area contributed by atoms with E-state index in [4.69, 9.17) is 0 Å². The van der Waals surface area contributed by atoms with E-state index < -0.39 is 17.5 Å². The zero-order valence-corrected chi connectivity index (χ0v) is 12.8. The van der Waals surface area contributed by atoms with Crippen LogP contribution in [0.1, 0.15) is 23.2 Å². The van der Waals surface area contributed by atoms with Crippen LogP contribution in [0.2, 0.25) is 0 Å². The smallest absolute Gasteiger partial charge is 0.254 e. The van der Waals surface area contributed by atoms with E-state index in [1.54, 1.807) is 0 Å². The van der Waals surface area contributed by atoms with Crippen molar-refractivity contribution in [2.75, 3.05) is 33.7 Å². The number of halogens is 2. The van der Waals surface area contributed by atoms with E-state index in [2.05, 4.69) is 10.6 Å². The first-order valence-corrected chi connectivity index (χ1v) is 7.05. The molecule has 0 radical (unpaired) electrons. The van der Waals surface area contributed by atoms with Crippen molar-refractivity contribution in [3.63, 3.8) is 0 Å². The van der Waals surface area contributed by atoms with Gasteiger partial charge < -0.3 is 15.5 Å². The molecule has 0 aliphatic rings. The average Bonchev–Trinajstić information content (AvgIpc) is 2.43. The zero-order valence-electron chi connectivity index (χ0n) is 12.8. The summed E-state index contributed by atoms with van der Waals surface area (Å²) in [5, 5.41) is 5.16. The van der Waals surface area contributed by atoms with Gasteiger partial charge in [0.05, 0.1) is 5.56 Å². The van der Waals surface area contributed by atoms with Gasteiger partial charge in [0.2, 0.25) is 5.91 Å². The molecule has 7 heteroatoms. The van der Waals surface area contributed by atoms with E-state index in [1.807, 2.05) is 19.0 Å². The molecule has 0 unspecified atom stereocenters. The van der Waals surface area contributed by atoms with Gasteiger partial charge in [0.25, 0.3) is 5.91 Å². The van der Waals surface area contributed by atoms with Crippen LogP contribution < -0.4 is 10.6 Å². The van der Waals surface area contributed by atoms with Crippen molar-refractivity contribution < 1.29 is 18.4 Å².